The number of nitrogens with one attached hydrogen (secondary N) is 1. The van der Waals surface area contributed by atoms with E-state index in [1.165, 1.54) is 10.9 Å². The first kappa shape index (κ1) is 15.7. The first-order valence-electron chi connectivity index (χ1n) is 7.55. The zero-order valence-corrected chi connectivity index (χ0v) is 13.1. The number of carbonyl (C=O) groups is 1. The number of amides is 1. The fraction of sp³-hybridized carbons (Fsp3) is 0.250. The molecule has 8 nitrogen and oxygen atoms in total. The molecule has 0 saturated heterocycles. The second-order valence-electron chi connectivity index (χ2n) is 5.24. The van der Waals surface area contributed by atoms with Gasteiger partial charge < -0.3 is 14.9 Å². The molecule has 0 saturated carbocycles. The predicted octanol–water partition coefficient (Wildman–Crippen LogP) is 1.63. The van der Waals surface area contributed by atoms with Crippen molar-refractivity contribution in [3.05, 3.63) is 53.9 Å². The van der Waals surface area contributed by atoms with Gasteiger partial charge in [0.25, 0.3) is 5.91 Å². The molecule has 0 aliphatic heterocycles. The van der Waals surface area contributed by atoms with Gasteiger partial charge >= 0.3 is 0 Å². The van der Waals surface area contributed by atoms with Crippen LogP contribution in [0, 0.1) is 6.92 Å². The maximum absolute atomic E-state index is 12.1. The molecule has 0 aliphatic carbocycles. The van der Waals surface area contributed by atoms with E-state index in [2.05, 4.69) is 20.6 Å². The number of hydrogen-bond acceptors (Lipinski definition) is 6. The summed E-state index contributed by atoms with van der Waals surface area (Å²) in [5.74, 6) is 0.538. The highest BCUT2D eigenvalue weighted by Crippen LogP contribution is 2.17. The molecule has 0 aliphatic rings. The summed E-state index contributed by atoms with van der Waals surface area (Å²) in [5.41, 5.74) is 0.756. The normalized spacial score (nSPS) is 10.7. The van der Waals surface area contributed by atoms with Crippen LogP contribution in [0.1, 0.15) is 28.6 Å². The summed E-state index contributed by atoms with van der Waals surface area (Å²) in [4.78, 5) is 16.2. The van der Waals surface area contributed by atoms with Crippen molar-refractivity contribution in [3.63, 3.8) is 0 Å². The Labute approximate surface area is 138 Å². The first-order valence-corrected chi connectivity index (χ1v) is 7.55. The Morgan fingerprint density at radius 3 is 2.83 bits per heavy atom. The molecule has 3 rings (SSSR count). The average molecular weight is 327 g/mol. The van der Waals surface area contributed by atoms with Gasteiger partial charge in [-0.3, -0.25) is 4.79 Å². The largest absolute Gasteiger partial charge is 0.504 e. The molecule has 24 heavy (non-hydrogen) atoms. The van der Waals surface area contributed by atoms with Gasteiger partial charge in [0.05, 0.1) is 11.9 Å². The summed E-state index contributed by atoms with van der Waals surface area (Å²) in [6.45, 7) is 2.17. The van der Waals surface area contributed by atoms with Crippen molar-refractivity contribution in [3.8, 4) is 11.4 Å². The minimum atomic E-state index is -0.427. The molecule has 0 unspecified atom stereocenters. The smallest absolute Gasteiger partial charge is 0.275 e. The highest BCUT2D eigenvalue weighted by Gasteiger charge is 2.16. The number of benzene rings is 1. The summed E-state index contributed by atoms with van der Waals surface area (Å²) < 4.78 is 6.46. The van der Waals surface area contributed by atoms with Crippen LogP contribution < -0.4 is 5.32 Å². The molecule has 3 aromatic rings. The summed E-state index contributed by atoms with van der Waals surface area (Å²) in [6.07, 6.45) is 2.63. The van der Waals surface area contributed by atoms with Crippen LogP contribution in [0.3, 0.4) is 0 Å². The van der Waals surface area contributed by atoms with Crippen LogP contribution in [0.15, 0.2) is 41.1 Å². The highest BCUT2D eigenvalue weighted by molar-refractivity contribution is 5.94. The summed E-state index contributed by atoms with van der Waals surface area (Å²) in [5, 5.41) is 20.5. The molecule has 2 heterocycles. The van der Waals surface area contributed by atoms with Gasteiger partial charge in [-0.1, -0.05) is 23.4 Å². The van der Waals surface area contributed by atoms with Crippen molar-refractivity contribution in [2.24, 2.45) is 0 Å². The van der Waals surface area contributed by atoms with Gasteiger partial charge in [-0.2, -0.15) is 10.1 Å². The van der Waals surface area contributed by atoms with Gasteiger partial charge in [0.2, 0.25) is 5.89 Å². The van der Waals surface area contributed by atoms with Gasteiger partial charge in [-0.15, -0.1) is 0 Å². The van der Waals surface area contributed by atoms with E-state index < -0.39 is 5.91 Å². The quantitative estimate of drug-likeness (QED) is 0.667. The third-order valence-electron chi connectivity index (χ3n) is 3.35. The van der Waals surface area contributed by atoms with Gasteiger partial charge in [0, 0.05) is 13.0 Å². The van der Waals surface area contributed by atoms with E-state index in [4.69, 9.17) is 4.52 Å². The molecular weight excluding hydrogens is 310 g/mol. The minimum Gasteiger partial charge on any atom is -0.504 e. The van der Waals surface area contributed by atoms with E-state index in [0.717, 1.165) is 5.69 Å². The Morgan fingerprint density at radius 1 is 1.33 bits per heavy atom. The number of nitrogens with zero attached hydrogens (tertiary/aromatic N) is 4. The topological polar surface area (TPSA) is 106 Å². The van der Waals surface area contributed by atoms with E-state index in [9.17, 15) is 9.90 Å². The Kier molecular flexibility index (Phi) is 4.55. The molecule has 2 aromatic heterocycles. The zero-order chi connectivity index (χ0) is 16.9. The van der Waals surface area contributed by atoms with Crippen molar-refractivity contribution in [1.29, 1.82) is 0 Å². The first-order chi connectivity index (χ1) is 11.6. The third kappa shape index (κ3) is 3.60. The van der Waals surface area contributed by atoms with Crippen molar-refractivity contribution < 1.29 is 14.4 Å². The summed E-state index contributed by atoms with van der Waals surface area (Å²) >= 11 is 0. The fourth-order valence-corrected chi connectivity index (χ4v) is 2.21. The number of para-hydroxylation sites is 1. The van der Waals surface area contributed by atoms with E-state index >= 15 is 0 Å². The van der Waals surface area contributed by atoms with E-state index in [-0.39, 0.29) is 11.4 Å². The maximum Gasteiger partial charge on any atom is 0.275 e. The Hall–Kier alpha value is -3.16. The number of carbonyl (C=O) groups excluding carboxylic acids is 1. The van der Waals surface area contributed by atoms with Crippen molar-refractivity contribution >= 4 is 5.91 Å². The summed E-state index contributed by atoms with van der Waals surface area (Å²) in [6, 6.07) is 9.26. The monoisotopic (exact) mass is 327 g/mol. The van der Waals surface area contributed by atoms with Gasteiger partial charge in [0.1, 0.15) is 0 Å². The standard InChI is InChI=1S/C16H17N5O3/c1-11-18-14(24-20-11)8-5-9-17-16(23)15-13(22)10-21(19-15)12-6-3-2-4-7-12/h2-4,6-7,10,22H,5,8-9H2,1H3,(H,17,23). The number of aryl methyl sites for hydroxylation is 2. The van der Waals surface area contributed by atoms with Crippen LogP contribution in [-0.4, -0.2) is 37.5 Å². The van der Waals surface area contributed by atoms with Crippen molar-refractivity contribution in [2.75, 3.05) is 6.54 Å². The average Bonchev–Trinajstić information content (AvgIpc) is 3.18. The lowest BCUT2D eigenvalue weighted by Gasteiger charge is -2.02. The molecule has 1 aromatic carbocycles. The molecule has 0 bridgehead atoms. The van der Waals surface area contributed by atoms with Crippen LogP contribution >= 0.6 is 0 Å². The predicted molar refractivity (Wildman–Crippen MR) is 84.9 cm³/mol. The van der Waals surface area contributed by atoms with Gasteiger partial charge in [0.15, 0.2) is 17.3 Å². The van der Waals surface area contributed by atoms with Gasteiger partial charge in [-0.05, 0) is 25.5 Å². The van der Waals surface area contributed by atoms with E-state index in [1.54, 1.807) is 6.92 Å². The van der Waals surface area contributed by atoms with Gasteiger partial charge in [-0.25, -0.2) is 4.68 Å². The summed E-state index contributed by atoms with van der Waals surface area (Å²) in [7, 11) is 0. The van der Waals surface area contributed by atoms with Crippen molar-refractivity contribution in [1.82, 2.24) is 25.2 Å². The van der Waals surface area contributed by atoms with E-state index in [1.807, 2.05) is 30.3 Å². The maximum atomic E-state index is 12.1. The molecular formula is C16H17N5O3. The molecule has 8 heteroatoms. The fourth-order valence-electron chi connectivity index (χ4n) is 2.21. The second-order valence-corrected chi connectivity index (χ2v) is 5.24. The zero-order valence-electron chi connectivity index (χ0n) is 13.1. The lowest BCUT2D eigenvalue weighted by Crippen LogP contribution is -2.25. The third-order valence-corrected chi connectivity index (χ3v) is 3.35. The van der Waals surface area contributed by atoms with Crippen LogP contribution in [0.4, 0.5) is 0 Å². The molecule has 0 spiro atoms. The molecule has 0 atom stereocenters. The van der Waals surface area contributed by atoms with Crippen LogP contribution in [0.2, 0.25) is 0 Å². The molecule has 2 N–H and O–H groups in total. The Morgan fingerprint density at radius 2 is 2.12 bits per heavy atom. The SMILES string of the molecule is Cc1noc(CCCNC(=O)c2nn(-c3ccccc3)cc2O)n1. The number of hydrogen-bond donors (Lipinski definition) is 2. The van der Waals surface area contributed by atoms with E-state index in [0.29, 0.717) is 31.1 Å². The lowest BCUT2D eigenvalue weighted by atomic mass is 10.3. The van der Waals surface area contributed by atoms with Crippen LogP contribution in [0.5, 0.6) is 5.75 Å². The minimum absolute atomic E-state index is 0.00696. The van der Waals surface area contributed by atoms with Crippen LogP contribution in [0.25, 0.3) is 5.69 Å². The number of aromatic nitrogens is 4. The number of rotatable bonds is 6. The second kappa shape index (κ2) is 6.95. The number of aromatic hydroxyl groups is 1. The molecule has 0 fully saturated rings. The molecule has 1 amide bonds. The lowest BCUT2D eigenvalue weighted by molar-refractivity contribution is 0.0945. The Bertz CT molecular complexity index is 825. The van der Waals surface area contributed by atoms with Crippen molar-refractivity contribution in [2.45, 2.75) is 19.8 Å². The Balaban J connectivity index is 1.56. The highest BCUT2D eigenvalue weighted by atomic mass is 16.5. The van der Waals surface area contributed by atoms with Crippen LogP contribution in [-0.2, 0) is 6.42 Å². The molecule has 0 radical (unpaired) electrons. The molecule has 124 valence electrons.